The first-order chi connectivity index (χ1) is 15.1. The zero-order chi connectivity index (χ0) is 25.4. The highest BCUT2D eigenvalue weighted by molar-refractivity contribution is 5.83. The summed E-state index contributed by atoms with van der Waals surface area (Å²) < 4.78 is 10.4. The van der Waals surface area contributed by atoms with Crippen LogP contribution in [-0.4, -0.2) is 31.3 Å². The second-order valence-electron chi connectivity index (χ2n) is 8.97. The van der Waals surface area contributed by atoms with E-state index in [9.17, 15) is 4.79 Å². The maximum absolute atomic E-state index is 10.3. The van der Waals surface area contributed by atoms with Crippen molar-refractivity contribution >= 4 is 12.0 Å². The number of carbonyl (C=O) groups excluding carboxylic acids is 1. The van der Waals surface area contributed by atoms with Gasteiger partial charge < -0.3 is 14.3 Å². The molecule has 0 N–H and O–H groups in total. The third-order valence-electron chi connectivity index (χ3n) is 4.55. The second-order valence-corrected chi connectivity index (χ2v) is 8.97. The lowest BCUT2D eigenvalue weighted by Crippen LogP contribution is -2.15. The average molecular weight is 454 g/mol. The number of ether oxygens (including phenoxy) is 2. The fourth-order valence-electron chi connectivity index (χ4n) is 2.56. The molecular formula is C28H55NO3. The van der Waals surface area contributed by atoms with E-state index in [-0.39, 0.29) is 5.60 Å². The van der Waals surface area contributed by atoms with Crippen molar-refractivity contribution in [1.82, 2.24) is 0 Å². The van der Waals surface area contributed by atoms with E-state index < -0.39 is 0 Å². The Morgan fingerprint density at radius 1 is 1.00 bits per heavy atom. The van der Waals surface area contributed by atoms with Gasteiger partial charge >= 0.3 is 0 Å². The Kier molecular flexibility index (Phi) is 26.6. The molecule has 0 rings (SSSR count). The van der Waals surface area contributed by atoms with Crippen LogP contribution in [0.4, 0.5) is 0 Å². The van der Waals surface area contributed by atoms with E-state index in [1.165, 1.54) is 12.8 Å². The van der Waals surface area contributed by atoms with Gasteiger partial charge in [0.2, 0.25) is 0 Å². The lowest BCUT2D eigenvalue weighted by atomic mass is 10.0. The standard InChI is InChI=1S/C15H27NO.C8H16O.C5H12O/c1-6-9-10-12-15(14(5)17-8-3)16-13(4)11-7-2;1-3-5-8(7-9)6-4-2;1-5(2,3)6-4/h12H,5-11H2,1-4H3;7-8H,3-6H2,1-2H3;1-4H3/b15-12-,16-13?;;. The third kappa shape index (κ3) is 26.6. The Balaban J connectivity index is -0.000000466. The van der Waals surface area contributed by atoms with Crippen molar-refractivity contribution in [2.75, 3.05) is 13.7 Å². The Morgan fingerprint density at radius 3 is 1.88 bits per heavy atom. The fraction of sp³-hybridized carbons (Fsp3) is 0.786. The average Bonchev–Trinajstić information content (AvgIpc) is 2.73. The number of nitrogens with zero attached hydrogens (tertiary/aromatic N) is 1. The highest BCUT2D eigenvalue weighted by Gasteiger charge is 2.04. The van der Waals surface area contributed by atoms with E-state index >= 15 is 0 Å². The molecule has 0 fully saturated rings. The Morgan fingerprint density at radius 2 is 1.53 bits per heavy atom. The lowest BCUT2D eigenvalue weighted by Gasteiger charge is -2.14. The summed E-state index contributed by atoms with van der Waals surface area (Å²) in [7, 11) is 1.71. The van der Waals surface area contributed by atoms with Gasteiger partial charge in [-0.3, -0.25) is 4.99 Å². The molecule has 0 radical (unpaired) electrons. The smallest absolute Gasteiger partial charge is 0.137 e. The van der Waals surface area contributed by atoms with Gasteiger partial charge in [-0.15, -0.1) is 0 Å². The fourth-order valence-corrected chi connectivity index (χ4v) is 2.56. The molecule has 4 heteroatoms. The molecule has 190 valence electrons. The van der Waals surface area contributed by atoms with Crippen molar-refractivity contribution in [2.45, 2.75) is 126 Å². The van der Waals surface area contributed by atoms with Crippen LogP contribution in [0.2, 0.25) is 0 Å². The molecule has 0 heterocycles. The van der Waals surface area contributed by atoms with Gasteiger partial charge in [0.05, 0.1) is 12.2 Å². The van der Waals surface area contributed by atoms with E-state index in [2.05, 4.69) is 52.3 Å². The van der Waals surface area contributed by atoms with Gasteiger partial charge in [0, 0.05) is 18.7 Å². The van der Waals surface area contributed by atoms with Crippen LogP contribution in [0.25, 0.3) is 0 Å². The first-order valence-corrected chi connectivity index (χ1v) is 12.6. The van der Waals surface area contributed by atoms with Crippen LogP contribution in [0, 0.1) is 5.92 Å². The zero-order valence-corrected chi connectivity index (χ0v) is 23.2. The number of aldehydes is 1. The highest BCUT2D eigenvalue weighted by Crippen LogP contribution is 2.15. The maximum Gasteiger partial charge on any atom is 0.137 e. The molecule has 0 aromatic carbocycles. The molecule has 0 atom stereocenters. The van der Waals surface area contributed by atoms with Crippen LogP contribution in [0.1, 0.15) is 120 Å². The summed E-state index contributed by atoms with van der Waals surface area (Å²) >= 11 is 0. The van der Waals surface area contributed by atoms with Gasteiger partial charge in [-0.1, -0.05) is 66.0 Å². The molecule has 0 bridgehead atoms. The Hall–Kier alpha value is -1.42. The number of carbonyl (C=O) groups is 1. The Bertz CT molecular complexity index is 495. The van der Waals surface area contributed by atoms with E-state index in [1.54, 1.807) is 7.11 Å². The molecule has 0 aromatic heterocycles. The molecule has 0 saturated heterocycles. The molecule has 0 aliphatic carbocycles. The maximum atomic E-state index is 10.3. The molecule has 4 nitrogen and oxygen atoms in total. The van der Waals surface area contributed by atoms with Crippen LogP contribution < -0.4 is 0 Å². The number of allylic oxidation sites excluding steroid dienone is 1. The van der Waals surface area contributed by atoms with Gasteiger partial charge in [-0.25, -0.2) is 0 Å². The molecule has 0 unspecified atom stereocenters. The summed E-state index contributed by atoms with van der Waals surface area (Å²) in [6, 6.07) is 0. The normalized spacial score (nSPS) is 11.8. The van der Waals surface area contributed by atoms with Crippen molar-refractivity contribution in [3.8, 4) is 0 Å². The SMILES string of the molecule is C=C(OCC)/C(=C/CCCC)N=C(C)CCC.CCCC(C=O)CCC.COC(C)(C)C. The molecule has 0 aromatic rings. The van der Waals surface area contributed by atoms with Gasteiger partial charge in [-0.05, 0) is 66.7 Å². The van der Waals surface area contributed by atoms with E-state index in [0.717, 1.165) is 62.6 Å². The monoisotopic (exact) mass is 453 g/mol. The van der Waals surface area contributed by atoms with Gasteiger partial charge in [0.1, 0.15) is 17.7 Å². The third-order valence-corrected chi connectivity index (χ3v) is 4.55. The minimum Gasteiger partial charge on any atom is -0.492 e. The van der Waals surface area contributed by atoms with Gasteiger partial charge in [0.25, 0.3) is 0 Å². The molecule has 32 heavy (non-hydrogen) atoms. The molecular weight excluding hydrogens is 398 g/mol. The van der Waals surface area contributed by atoms with Crippen molar-refractivity contribution in [2.24, 2.45) is 10.9 Å². The molecule has 0 spiro atoms. The van der Waals surface area contributed by atoms with Crippen LogP contribution in [-0.2, 0) is 14.3 Å². The van der Waals surface area contributed by atoms with E-state index in [4.69, 9.17) is 9.47 Å². The molecule has 0 aliphatic heterocycles. The zero-order valence-electron chi connectivity index (χ0n) is 23.2. The summed E-state index contributed by atoms with van der Waals surface area (Å²) in [5, 5.41) is 0. The number of rotatable bonds is 14. The van der Waals surface area contributed by atoms with Crippen LogP contribution in [0.5, 0.6) is 0 Å². The van der Waals surface area contributed by atoms with Crippen LogP contribution in [0.3, 0.4) is 0 Å². The predicted octanol–water partition coefficient (Wildman–Crippen LogP) is 8.70. The van der Waals surface area contributed by atoms with Gasteiger partial charge in [0.15, 0.2) is 0 Å². The van der Waals surface area contributed by atoms with Crippen molar-refractivity contribution < 1.29 is 14.3 Å². The number of hydrogen-bond acceptors (Lipinski definition) is 4. The van der Waals surface area contributed by atoms with E-state index in [1.807, 2.05) is 27.7 Å². The van der Waals surface area contributed by atoms with Crippen molar-refractivity contribution in [3.05, 3.63) is 24.1 Å². The first-order valence-electron chi connectivity index (χ1n) is 12.6. The van der Waals surface area contributed by atoms with Crippen LogP contribution in [0.15, 0.2) is 29.1 Å². The number of methoxy groups -OCH3 is 1. The lowest BCUT2D eigenvalue weighted by molar-refractivity contribution is -0.111. The summed E-state index contributed by atoms with van der Waals surface area (Å²) in [6.45, 7) is 23.3. The number of aliphatic imine (C=N–C) groups is 1. The molecule has 0 saturated carbocycles. The quantitative estimate of drug-likeness (QED) is 0.0868. The number of unbranched alkanes of at least 4 members (excludes halogenated alkanes) is 2. The Labute approximate surface area is 201 Å². The summed E-state index contributed by atoms with van der Waals surface area (Å²) in [4.78, 5) is 14.9. The summed E-state index contributed by atoms with van der Waals surface area (Å²) in [6.07, 6.45) is 13.2. The summed E-state index contributed by atoms with van der Waals surface area (Å²) in [5.41, 5.74) is 2.10. The second kappa shape index (κ2) is 24.2. The van der Waals surface area contributed by atoms with Crippen molar-refractivity contribution in [3.63, 3.8) is 0 Å². The topological polar surface area (TPSA) is 47.9 Å². The first kappa shape index (κ1) is 35.2. The molecule has 0 amide bonds. The highest BCUT2D eigenvalue weighted by atomic mass is 16.5. The minimum atomic E-state index is 0.0417. The number of hydrogen-bond donors (Lipinski definition) is 0. The van der Waals surface area contributed by atoms with Crippen molar-refractivity contribution in [1.29, 1.82) is 0 Å². The van der Waals surface area contributed by atoms with Gasteiger partial charge in [-0.2, -0.15) is 0 Å². The van der Waals surface area contributed by atoms with E-state index in [0.29, 0.717) is 18.3 Å². The molecule has 0 aliphatic rings. The minimum absolute atomic E-state index is 0.0417. The largest absolute Gasteiger partial charge is 0.492 e. The van der Waals surface area contributed by atoms with Crippen LogP contribution >= 0.6 is 0 Å². The predicted molar refractivity (Wildman–Crippen MR) is 143 cm³/mol. The summed E-state index contributed by atoms with van der Waals surface area (Å²) in [5.74, 6) is 1.03.